The van der Waals surface area contributed by atoms with Gasteiger partial charge < -0.3 is 20.1 Å². The lowest BCUT2D eigenvalue weighted by atomic mass is 9.92. The molecule has 2 aromatic rings. The van der Waals surface area contributed by atoms with E-state index < -0.39 is 12.0 Å². The number of aliphatic hydroxyl groups is 1. The molecule has 1 aliphatic heterocycles. The van der Waals surface area contributed by atoms with Gasteiger partial charge in [0.05, 0.1) is 25.1 Å². The molecule has 0 radical (unpaired) electrons. The maximum atomic E-state index is 13.3. The van der Waals surface area contributed by atoms with Crippen LogP contribution in [-0.4, -0.2) is 47.0 Å². The van der Waals surface area contributed by atoms with E-state index in [9.17, 15) is 19.5 Å². The Kier molecular flexibility index (Phi) is 11.3. The second-order valence-electron chi connectivity index (χ2n) is 9.57. The van der Waals surface area contributed by atoms with E-state index in [-0.39, 0.29) is 49.8 Å². The van der Waals surface area contributed by atoms with Crippen molar-refractivity contribution >= 4 is 17.8 Å². The van der Waals surface area contributed by atoms with Gasteiger partial charge in [0.2, 0.25) is 11.8 Å². The van der Waals surface area contributed by atoms with Gasteiger partial charge in [-0.15, -0.1) is 13.2 Å². The number of hydrogen-bond acceptors (Lipinski definition) is 5. The quantitative estimate of drug-likeness (QED) is 0.221. The fourth-order valence-corrected chi connectivity index (χ4v) is 4.70. The molecule has 3 unspecified atom stereocenters. The van der Waals surface area contributed by atoms with Crippen molar-refractivity contribution in [2.24, 2.45) is 5.92 Å². The Morgan fingerprint density at radius 1 is 1.05 bits per heavy atom. The second-order valence-corrected chi connectivity index (χ2v) is 9.57. The summed E-state index contributed by atoms with van der Waals surface area (Å²) in [7, 11) is 0. The van der Waals surface area contributed by atoms with Gasteiger partial charge in [0, 0.05) is 19.4 Å². The van der Waals surface area contributed by atoms with Crippen LogP contribution in [0.2, 0.25) is 0 Å². The summed E-state index contributed by atoms with van der Waals surface area (Å²) < 4.78 is 5.70. The normalized spacial score (nSPS) is 16.0. The van der Waals surface area contributed by atoms with Crippen molar-refractivity contribution < 1.29 is 24.2 Å². The van der Waals surface area contributed by atoms with Gasteiger partial charge in [0.15, 0.2) is 0 Å². The molecular formula is C31H38N2O5. The van der Waals surface area contributed by atoms with Crippen LogP contribution in [0, 0.1) is 5.92 Å². The maximum absolute atomic E-state index is 13.3. The van der Waals surface area contributed by atoms with Crippen molar-refractivity contribution in [3.05, 3.63) is 96.6 Å². The zero-order chi connectivity index (χ0) is 27.3. The van der Waals surface area contributed by atoms with Crippen LogP contribution in [0.4, 0.5) is 0 Å². The molecule has 0 aliphatic carbocycles. The van der Waals surface area contributed by atoms with E-state index in [2.05, 4.69) is 18.5 Å². The molecule has 0 saturated carbocycles. The number of nitrogens with zero attached hydrogens (tertiary/aromatic N) is 1. The predicted octanol–water partition coefficient (Wildman–Crippen LogP) is 4.27. The number of esters is 1. The fourth-order valence-electron chi connectivity index (χ4n) is 4.70. The lowest BCUT2D eigenvalue weighted by Crippen LogP contribution is -2.47. The summed E-state index contributed by atoms with van der Waals surface area (Å²) in [6, 6.07) is 16.8. The van der Waals surface area contributed by atoms with E-state index in [1.165, 1.54) is 0 Å². The molecule has 2 amide bonds. The summed E-state index contributed by atoms with van der Waals surface area (Å²) in [5.74, 6) is -1.46. The van der Waals surface area contributed by atoms with E-state index in [1.807, 2.05) is 54.6 Å². The summed E-state index contributed by atoms with van der Waals surface area (Å²) >= 11 is 0. The van der Waals surface area contributed by atoms with Gasteiger partial charge in [-0.1, -0.05) is 66.7 Å². The topological polar surface area (TPSA) is 95.9 Å². The molecule has 3 rings (SSSR count). The number of amides is 2. The Labute approximate surface area is 225 Å². The van der Waals surface area contributed by atoms with Crippen molar-refractivity contribution in [1.29, 1.82) is 0 Å². The van der Waals surface area contributed by atoms with Crippen molar-refractivity contribution in [2.75, 3.05) is 13.2 Å². The molecule has 0 bridgehead atoms. The Balaban J connectivity index is 1.65. The van der Waals surface area contributed by atoms with Gasteiger partial charge >= 0.3 is 5.97 Å². The molecule has 1 aliphatic rings. The molecule has 3 atom stereocenters. The number of rotatable bonds is 14. The van der Waals surface area contributed by atoms with Crippen LogP contribution in [0.3, 0.4) is 0 Å². The van der Waals surface area contributed by atoms with E-state index in [0.29, 0.717) is 25.8 Å². The molecule has 1 heterocycles. The van der Waals surface area contributed by atoms with E-state index >= 15 is 0 Å². The van der Waals surface area contributed by atoms with E-state index in [1.54, 1.807) is 17.1 Å². The third-order valence-corrected chi connectivity index (χ3v) is 6.83. The number of carbonyl (C=O) groups excluding carboxylic acids is 3. The van der Waals surface area contributed by atoms with Gasteiger partial charge in [0.1, 0.15) is 6.10 Å². The minimum absolute atomic E-state index is 0.00609. The Hall–Kier alpha value is -3.71. The molecule has 0 aromatic heterocycles. The van der Waals surface area contributed by atoms with Crippen LogP contribution in [0.15, 0.2) is 79.9 Å². The summed E-state index contributed by atoms with van der Waals surface area (Å²) in [5.41, 5.74) is 2.96. The first-order valence-corrected chi connectivity index (χ1v) is 13.2. The first-order chi connectivity index (χ1) is 18.5. The average molecular weight is 519 g/mol. The third kappa shape index (κ3) is 8.15. The van der Waals surface area contributed by atoms with Crippen LogP contribution >= 0.6 is 0 Å². The number of benzene rings is 2. The highest BCUT2D eigenvalue weighted by atomic mass is 16.5. The number of aliphatic hydroxyl groups excluding tert-OH is 1. The highest BCUT2D eigenvalue weighted by Gasteiger charge is 2.32. The predicted molar refractivity (Wildman–Crippen MR) is 147 cm³/mol. The molecule has 2 aromatic carbocycles. The molecule has 7 heteroatoms. The number of unbranched alkanes of at least 4 members (excludes halogenated alkanes) is 1. The maximum Gasteiger partial charge on any atom is 0.306 e. The van der Waals surface area contributed by atoms with Gasteiger partial charge in [-0.2, -0.15) is 0 Å². The van der Waals surface area contributed by atoms with Gasteiger partial charge in [-0.3, -0.25) is 14.4 Å². The SMILES string of the molecule is C=CCCCC(=O)OC(CNC(=O)C(CC=C)CC(=O)N1Cc2ccccc2CC1CO)c1ccccc1. The largest absolute Gasteiger partial charge is 0.456 e. The van der Waals surface area contributed by atoms with E-state index in [4.69, 9.17) is 4.74 Å². The highest BCUT2D eigenvalue weighted by molar-refractivity contribution is 5.86. The number of nitrogens with one attached hydrogen (secondary N) is 1. The minimum Gasteiger partial charge on any atom is -0.456 e. The first kappa shape index (κ1) is 28.9. The molecule has 202 valence electrons. The second kappa shape index (κ2) is 14.9. The Morgan fingerprint density at radius 3 is 2.45 bits per heavy atom. The number of carbonyl (C=O) groups is 3. The Bertz CT molecular complexity index is 1100. The van der Waals surface area contributed by atoms with Gasteiger partial charge in [-0.25, -0.2) is 0 Å². The summed E-state index contributed by atoms with van der Waals surface area (Å²) in [5, 5.41) is 12.8. The number of ether oxygens (including phenoxy) is 1. The van der Waals surface area contributed by atoms with Crippen LogP contribution in [-0.2, 0) is 32.1 Å². The van der Waals surface area contributed by atoms with Crippen LogP contribution in [0.5, 0.6) is 0 Å². The van der Waals surface area contributed by atoms with Crippen molar-refractivity contribution in [2.45, 2.75) is 57.2 Å². The Morgan fingerprint density at radius 2 is 1.76 bits per heavy atom. The van der Waals surface area contributed by atoms with Crippen molar-refractivity contribution in [1.82, 2.24) is 10.2 Å². The molecule has 7 nitrogen and oxygen atoms in total. The average Bonchev–Trinajstić information content (AvgIpc) is 2.94. The highest BCUT2D eigenvalue weighted by Crippen LogP contribution is 2.25. The van der Waals surface area contributed by atoms with Crippen molar-refractivity contribution in [3.8, 4) is 0 Å². The standard InChI is InChI=1S/C31H38N2O5/c1-3-5-7-17-30(36)38-28(23-13-8-6-9-14-23)20-32-31(37)25(12-4-2)19-29(35)33-21-26-16-11-10-15-24(26)18-27(33)22-34/h3-4,6,8-11,13-16,25,27-28,34H,1-2,5,7,12,17-22H2,(H,32,37). The zero-order valence-electron chi connectivity index (χ0n) is 21.9. The fraction of sp³-hybridized carbons (Fsp3) is 0.387. The third-order valence-electron chi connectivity index (χ3n) is 6.83. The number of fused-ring (bicyclic) bond motifs is 1. The summed E-state index contributed by atoms with van der Waals surface area (Å²) in [6.07, 6.45) is 5.27. The van der Waals surface area contributed by atoms with Crippen LogP contribution < -0.4 is 5.32 Å². The first-order valence-electron chi connectivity index (χ1n) is 13.2. The monoisotopic (exact) mass is 518 g/mol. The van der Waals surface area contributed by atoms with Crippen LogP contribution in [0.25, 0.3) is 0 Å². The molecule has 38 heavy (non-hydrogen) atoms. The molecule has 2 N–H and O–H groups in total. The molecule has 0 spiro atoms. The lowest BCUT2D eigenvalue weighted by Gasteiger charge is -2.36. The lowest BCUT2D eigenvalue weighted by molar-refractivity contribution is -0.150. The zero-order valence-corrected chi connectivity index (χ0v) is 21.9. The minimum atomic E-state index is -0.645. The van der Waals surface area contributed by atoms with Gasteiger partial charge in [0.25, 0.3) is 0 Å². The molecular weight excluding hydrogens is 480 g/mol. The number of allylic oxidation sites excluding steroid dienone is 2. The van der Waals surface area contributed by atoms with Crippen molar-refractivity contribution in [3.63, 3.8) is 0 Å². The van der Waals surface area contributed by atoms with E-state index in [0.717, 1.165) is 23.1 Å². The molecule has 0 fully saturated rings. The summed E-state index contributed by atoms with van der Waals surface area (Å²) in [4.78, 5) is 40.6. The number of hydrogen-bond donors (Lipinski definition) is 2. The van der Waals surface area contributed by atoms with Crippen LogP contribution in [0.1, 0.15) is 54.9 Å². The molecule has 0 saturated heterocycles. The van der Waals surface area contributed by atoms with Gasteiger partial charge in [-0.05, 0) is 42.4 Å². The smallest absolute Gasteiger partial charge is 0.306 e. The summed E-state index contributed by atoms with van der Waals surface area (Å²) in [6.45, 7) is 7.78.